The molecule has 21 heavy (non-hydrogen) atoms. The van der Waals surface area contributed by atoms with Gasteiger partial charge in [0, 0.05) is 23.4 Å². The molecular weight excluding hydrogens is 269 g/mol. The highest BCUT2D eigenvalue weighted by atomic mass is 19.1. The van der Waals surface area contributed by atoms with Gasteiger partial charge in [0.1, 0.15) is 5.82 Å². The summed E-state index contributed by atoms with van der Waals surface area (Å²) in [6, 6.07) is 10.8. The smallest absolute Gasteiger partial charge is 0.165 e. The van der Waals surface area contributed by atoms with Gasteiger partial charge in [-0.05, 0) is 32.0 Å². The van der Waals surface area contributed by atoms with E-state index in [2.05, 4.69) is 5.32 Å². The van der Waals surface area contributed by atoms with Crippen LogP contribution in [0.25, 0.3) is 0 Å². The van der Waals surface area contributed by atoms with Gasteiger partial charge in [0.25, 0.3) is 0 Å². The molecule has 0 radical (unpaired) electrons. The fourth-order valence-electron chi connectivity index (χ4n) is 2.19. The molecule has 3 nitrogen and oxygen atoms in total. The molecule has 0 aromatic heterocycles. The lowest BCUT2D eigenvalue weighted by Crippen LogP contribution is -2.05. The number of rotatable bonds is 6. The predicted octanol–water partition coefficient (Wildman–Crippen LogP) is 4.15. The maximum Gasteiger partial charge on any atom is 0.165 e. The number of ether oxygens (including phenoxy) is 2. The van der Waals surface area contributed by atoms with Crippen molar-refractivity contribution in [2.45, 2.75) is 20.4 Å². The lowest BCUT2D eigenvalue weighted by molar-refractivity contribution is 0.309. The monoisotopic (exact) mass is 289 g/mol. The number of hydrogen-bond donors (Lipinski definition) is 1. The first kappa shape index (κ1) is 15.2. The van der Waals surface area contributed by atoms with Crippen molar-refractivity contribution in [3.05, 3.63) is 53.3 Å². The van der Waals surface area contributed by atoms with E-state index in [0.29, 0.717) is 24.5 Å². The first-order valence-corrected chi connectivity index (χ1v) is 6.95. The van der Waals surface area contributed by atoms with Crippen LogP contribution in [0.5, 0.6) is 11.5 Å². The highest BCUT2D eigenvalue weighted by Crippen LogP contribution is 2.31. The first-order valence-electron chi connectivity index (χ1n) is 6.95. The minimum Gasteiger partial charge on any atom is -0.493 e. The molecule has 112 valence electrons. The zero-order chi connectivity index (χ0) is 15.2. The van der Waals surface area contributed by atoms with Crippen LogP contribution in [0.2, 0.25) is 0 Å². The predicted molar refractivity (Wildman–Crippen MR) is 82.6 cm³/mol. The van der Waals surface area contributed by atoms with E-state index < -0.39 is 0 Å². The number of benzene rings is 2. The van der Waals surface area contributed by atoms with E-state index >= 15 is 0 Å². The van der Waals surface area contributed by atoms with Gasteiger partial charge in [-0.25, -0.2) is 4.39 Å². The van der Waals surface area contributed by atoms with Crippen molar-refractivity contribution >= 4 is 5.69 Å². The van der Waals surface area contributed by atoms with Crippen molar-refractivity contribution < 1.29 is 13.9 Å². The summed E-state index contributed by atoms with van der Waals surface area (Å²) in [6.07, 6.45) is 0. The summed E-state index contributed by atoms with van der Waals surface area (Å²) in [5, 5.41) is 3.24. The molecule has 0 atom stereocenters. The van der Waals surface area contributed by atoms with Crippen LogP contribution in [-0.2, 0) is 6.54 Å². The van der Waals surface area contributed by atoms with Gasteiger partial charge in [-0.15, -0.1) is 0 Å². The van der Waals surface area contributed by atoms with Gasteiger partial charge >= 0.3 is 0 Å². The van der Waals surface area contributed by atoms with E-state index in [0.717, 1.165) is 17.0 Å². The van der Waals surface area contributed by atoms with Crippen LogP contribution < -0.4 is 14.8 Å². The van der Waals surface area contributed by atoms with Gasteiger partial charge in [-0.3, -0.25) is 0 Å². The third-order valence-electron chi connectivity index (χ3n) is 3.30. The van der Waals surface area contributed by atoms with Crippen LogP contribution in [-0.4, -0.2) is 13.7 Å². The van der Waals surface area contributed by atoms with Crippen molar-refractivity contribution in [3.8, 4) is 11.5 Å². The molecule has 0 saturated heterocycles. The number of hydrogen-bond acceptors (Lipinski definition) is 3. The van der Waals surface area contributed by atoms with Gasteiger partial charge in [0.2, 0.25) is 0 Å². The Hall–Kier alpha value is -2.23. The molecule has 0 aliphatic rings. The Morgan fingerprint density at radius 3 is 2.62 bits per heavy atom. The molecule has 0 heterocycles. The average Bonchev–Trinajstić information content (AvgIpc) is 2.49. The van der Waals surface area contributed by atoms with Crippen LogP contribution >= 0.6 is 0 Å². The maximum atomic E-state index is 13.5. The summed E-state index contributed by atoms with van der Waals surface area (Å²) in [5.41, 5.74) is 2.35. The Kier molecular flexibility index (Phi) is 5.04. The van der Waals surface area contributed by atoms with Gasteiger partial charge < -0.3 is 14.8 Å². The maximum absolute atomic E-state index is 13.5. The highest BCUT2D eigenvalue weighted by molar-refractivity contribution is 5.53. The minimum atomic E-state index is -0.213. The Balaban J connectivity index is 2.20. The van der Waals surface area contributed by atoms with E-state index in [-0.39, 0.29) is 5.82 Å². The van der Waals surface area contributed by atoms with Gasteiger partial charge in [-0.1, -0.05) is 18.2 Å². The average molecular weight is 289 g/mol. The number of methoxy groups -OCH3 is 1. The van der Waals surface area contributed by atoms with E-state index in [9.17, 15) is 4.39 Å². The molecule has 1 N–H and O–H groups in total. The van der Waals surface area contributed by atoms with Crippen LogP contribution in [0, 0.1) is 12.7 Å². The van der Waals surface area contributed by atoms with Gasteiger partial charge in [-0.2, -0.15) is 0 Å². The standard InChI is InChI=1S/C17H20FNO2/c1-4-21-16-10-5-7-13(17(16)20-3)11-19-15-9-6-8-14(18)12(15)2/h5-10,19H,4,11H2,1-3H3. The molecular formula is C17H20FNO2. The second-order valence-corrected chi connectivity index (χ2v) is 4.65. The highest BCUT2D eigenvalue weighted by Gasteiger charge is 2.10. The molecule has 0 bridgehead atoms. The third-order valence-corrected chi connectivity index (χ3v) is 3.30. The Morgan fingerprint density at radius 2 is 1.90 bits per heavy atom. The zero-order valence-electron chi connectivity index (χ0n) is 12.6. The molecule has 0 unspecified atom stereocenters. The van der Waals surface area contributed by atoms with Crippen molar-refractivity contribution in [2.75, 3.05) is 19.0 Å². The molecule has 0 spiro atoms. The first-order chi connectivity index (χ1) is 10.2. The van der Waals surface area contributed by atoms with Crippen LogP contribution in [0.3, 0.4) is 0 Å². The lowest BCUT2D eigenvalue weighted by atomic mass is 10.1. The SMILES string of the molecule is CCOc1cccc(CNc2cccc(F)c2C)c1OC. The molecule has 2 aromatic rings. The summed E-state index contributed by atoms with van der Waals surface area (Å²) in [4.78, 5) is 0. The van der Waals surface area contributed by atoms with Crippen molar-refractivity contribution in [2.24, 2.45) is 0 Å². The summed E-state index contributed by atoms with van der Waals surface area (Å²) < 4.78 is 24.5. The minimum absolute atomic E-state index is 0.213. The summed E-state index contributed by atoms with van der Waals surface area (Å²) in [5.74, 6) is 1.21. The number of anilines is 1. The fraction of sp³-hybridized carbons (Fsp3) is 0.294. The van der Waals surface area contributed by atoms with Crippen LogP contribution in [0.4, 0.5) is 10.1 Å². The van der Waals surface area contributed by atoms with E-state index in [1.807, 2.05) is 31.2 Å². The Bertz CT molecular complexity index is 614. The molecule has 0 fully saturated rings. The second-order valence-electron chi connectivity index (χ2n) is 4.65. The van der Waals surface area contributed by atoms with Crippen molar-refractivity contribution in [3.63, 3.8) is 0 Å². The normalized spacial score (nSPS) is 10.3. The Morgan fingerprint density at radius 1 is 1.14 bits per heavy atom. The van der Waals surface area contributed by atoms with Crippen molar-refractivity contribution in [1.82, 2.24) is 0 Å². The fourth-order valence-corrected chi connectivity index (χ4v) is 2.19. The zero-order valence-corrected chi connectivity index (χ0v) is 12.6. The number of para-hydroxylation sites is 1. The quantitative estimate of drug-likeness (QED) is 0.866. The van der Waals surface area contributed by atoms with E-state index in [1.54, 1.807) is 20.1 Å². The second kappa shape index (κ2) is 6.97. The number of nitrogens with one attached hydrogen (secondary N) is 1. The van der Waals surface area contributed by atoms with E-state index in [4.69, 9.17) is 9.47 Å². The summed E-state index contributed by atoms with van der Waals surface area (Å²) in [6.45, 7) is 4.80. The molecule has 2 rings (SSSR count). The van der Waals surface area contributed by atoms with Crippen LogP contribution in [0.1, 0.15) is 18.1 Å². The largest absolute Gasteiger partial charge is 0.493 e. The molecule has 0 amide bonds. The van der Waals surface area contributed by atoms with Crippen molar-refractivity contribution in [1.29, 1.82) is 0 Å². The summed E-state index contributed by atoms with van der Waals surface area (Å²) in [7, 11) is 1.62. The molecule has 0 saturated carbocycles. The van der Waals surface area contributed by atoms with Crippen LogP contribution in [0.15, 0.2) is 36.4 Å². The molecule has 0 aliphatic heterocycles. The molecule has 2 aromatic carbocycles. The molecule has 4 heteroatoms. The lowest BCUT2D eigenvalue weighted by Gasteiger charge is -2.15. The molecule has 0 aliphatic carbocycles. The topological polar surface area (TPSA) is 30.5 Å². The van der Waals surface area contributed by atoms with Gasteiger partial charge in [0.15, 0.2) is 11.5 Å². The number of halogens is 1. The third kappa shape index (κ3) is 3.45. The van der Waals surface area contributed by atoms with Gasteiger partial charge in [0.05, 0.1) is 13.7 Å². The Labute approximate surface area is 124 Å². The van der Waals surface area contributed by atoms with E-state index in [1.165, 1.54) is 6.07 Å². The summed E-state index contributed by atoms with van der Waals surface area (Å²) >= 11 is 0.